The fraction of sp³-hybridized carbons (Fsp3) is 0.667. The molecule has 5 heteroatoms. The van der Waals surface area contributed by atoms with Gasteiger partial charge in [0.1, 0.15) is 0 Å². The second-order valence-corrected chi connectivity index (χ2v) is 1.02. The first kappa shape index (κ1) is 7.19. The Bertz CT molecular complexity index is 82.6. The molecule has 5 nitrogen and oxygen atoms in total. The fourth-order valence-corrected chi connectivity index (χ4v) is 0.187. The molecule has 0 spiro atoms. The third-order valence-corrected chi connectivity index (χ3v) is 0.448. The molecule has 0 aromatic carbocycles. The van der Waals surface area contributed by atoms with Crippen molar-refractivity contribution in [3.63, 3.8) is 0 Å². The number of hydrogen-bond donors (Lipinski definition) is 1. The van der Waals surface area contributed by atoms with E-state index in [-0.39, 0.29) is 11.8 Å². The number of amides is 1. The van der Waals surface area contributed by atoms with Crippen molar-refractivity contribution < 1.29 is 14.7 Å². The van der Waals surface area contributed by atoms with E-state index in [0.29, 0.717) is 0 Å². The van der Waals surface area contributed by atoms with Crippen LogP contribution in [0.1, 0.15) is 6.92 Å². The maximum Gasteiger partial charge on any atom is 0.451 e. The van der Waals surface area contributed by atoms with Crippen molar-refractivity contribution in [2.45, 2.75) is 6.92 Å². The summed E-state index contributed by atoms with van der Waals surface area (Å²) in [6.07, 6.45) is -1.06. The Hall–Kier alpha value is -0.810. The van der Waals surface area contributed by atoms with Crippen LogP contribution in [0.2, 0.25) is 0 Å². The van der Waals surface area contributed by atoms with Crippen LogP contribution in [0.4, 0.5) is 4.79 Å². The predicted octanol–water partition coefficient (Wildman–Crippen LogP) is -0.336. The normalized spacial score (nSPS) is 8.38. The van der Waals surface area contributed by atoms with Crippen molar-refractivity contribution in [2.24, 2.45) is 5.84 Å². The number of ether oxygens (including phenoxy) is 1. The van der Waals surface area contributed by atoms with E-state index in [9.17, 15) is 10.0 Å². The van der Waals surface area contributed by atoms with Crippen molar-refractivity contribution in [1.29, 1.82) is 0 Å². The summed E-state index contributed by atoms with van der Waals surface area (Å²) in [4.78, 5) is 10.0. The van der Waals surface area contributed by atoms with E-state index in [4.69, 9.17) is 0 Å². The highest BCUT2D eigenvalue weighted by Gasteiger charge is 2.05. The minimum atomic E-state index is -1.06. The van der Waals surface area contributed by atoms with Gasteiger partial charge in [0.25, 0.3) is 0 Å². The third kappa shape index (κ3) is 2.38. The topological polar surface area (TPSA) is 75.5 Å². The van der Waals surface area contributed by atoms with Crippen LogP contribution in [0, 0.1) is 0 Å². The van der Waals surface area contributed by atoms with Crippen LogP contribution >= 0.6 is 0 Å². The van der Waals surface area contributed by atoms with Gasteiger partial charge in [0.2, 0.25) is 0 Å². The van der Waals surface area contributed by atoms with E-state index in [1.807, 2.05) is 0 Å². The van der Waals surface area contributed by atoms with Crippen LogP contribution in [-0.4, -0.2) is 17.9 Å². The smallest absolute Gasteiger partial charge is 0.447 e. The standard InChI is InChI=1S/C3H7N2O3/c1-2-8-3(6)5(4)7/h2,4H2,1H3. The molecule has 0 fully saturated rings. The lowest BCUT2D eigenvalue weighted by atomic mass is 10.9. The third-order valence-electron chi connectivity index (χ3n) is 0.448. The molecule has 0 aliphatic heterocycles. The first-order valence-corrected chi connectivity index (χ1v) is 2.07. The minimum Gasteiger partial charge on any atom is -0.447 e. The zero-order chi connectivity index (χ0) is 6.57. The SMILES string of the molecule is CCOC(=O)N(N)[O]. The lowest BCUT2D eigenvalue weighted by Gasteiger charge is -2.02. The highest BCUT2D eigenvalue weighted by atomic mass is 16.6. The summed E-state index contributed by atoms with van der Waals surface area (Å²) in [5.74, 6) is 4.43. The highest BCUT2D eigenvalue weighted by Crippen LogP contribution is 1.80. The molecule has 0 bridgehead atoms. The number of carbonyl (C=O) groups excluding carboxylic acids is 1. The van der Waals surface area contributed by atoms with Crippen LogP contribution in [0.25, 0.3) is 0 Å². The van der Waals surface area contributed by atoms with E-state index >= 15 is 0 Å². The Kier molecular flexibility index (Phi) is 2.90. The van der Waals surface area contributed by atoms with Gasteiger partial charge < -0.3 is 4.74 Å². The molecule has 8 heavy (non-hydrogen) atoms. The van der Waals surface area contributed by atoms with Gasteiger partial charge in [-0.25, -0.2) is 10.6 Å². The Labute approximate surface area is 46.6 Å². The summed E-state index contributed by atoms with van der Waals surface area (Å²) >= 11 is 0. The second-order valence-electron chi connectivity index (χ2n) is 1.02. The number of rotatable bonds is 1. The molecule has 0 saturated heterocycles. The predicted molar refractivity (Wildman–Crippen MR) is 23.7 cm³/mol. The van der Waals surface area contributed by atoms with Crippen LogP contribution < -0.4 is 5.84 Å². The maximum atomic E-state index is 10.0. The minimum absolute atomic E-state index is 0.161. The highest BCUT2D eigenvalue weighted by molar-refractivity contribution is 5.65. The summed E-state index contributed by atoms with van der Waals surface area (Å²) in [5, 5.41) is 9.40. The van der Waals surface area contributed by atoms with E-state index in [1.165, 1.54) is 0 Å². The molecular formula is C3H7N2O3. The monoisotopic (exact) mass is 119 g/mol. The van der Waals surface area contributed by atoms with E-state index in [0.717, 1.165) is 0 Å². The molecule has 0 atom stereocenters. The van der Waals surface area contributed by atoms with Crippen LogP contribution in [0.3, 0.4) is 0 Å². The maximum absolute atomic E-state index is 10.0. The summed E-state index contributed by atoms with van der Waals surface area (Å²) in [5.41, 5.74) is 0. The van der Waals surface area contributed by atoms with Crippen molar-refractivity contribution in [2.75, 3.05) is 6.61 Å². The first-order chi connectivity index (χ1) is 3.68. The molecule has 1 amide bonds. The zero-order valence-corrected chi connectivity index (χ0v) is 4.46. The summed E-state index contributed by atoms with van der Waals surface area (Å²) in [6.45, 7) is 1.75. The lowest BCUT2D eigenvalue weighted by Crippen LogP contribution is -2.32. The van der Waals surface area contributed by atoms with Crippen molar-refractivity contribution in [1.82, 2.24) is 5.17 Å². The van der Waals surface area contributed by atoms with Gasteiger partial charge in [-0.3, -0.25) is 0 Å². The molecule has 0 aliphatic carbocycles. The van der Waals surface area contributed by atoms with Gasteiger partial charge in [0, 0.05) is 0 Å². The van der Waals surface area contributed by atoms with Crippen molar-refractivity contribution in [3.05, 3.63) is 0 Å². The second kappa shape index (κ2) is 3.23. The molecule has 0 aliphatic rings. The van der Waals surface area contributed by atoms with Gasteiger partial charge in [-0.05, 0) is 6.92 Å². The van der Waals surface area contributed by atoms with Gasteiger partial charge >= 0.3 is 6.09 Å². The Morgan fingerprint density at radius 1 is 1.88 bits per heavy atom. The van der Waals surface area contributed by atoms with Gasteiger partial charge in [-0.15, -0.1) is 0 Å². The average molecular weight is 119 g/mol. The molecule has 0 aromatic rings. The van der Waals surface area contributed by atoms with Gasteiger partial charge in [0.05, 0.1) is 6.61 Å². The molecule has 0 aromatic heterocycles. The molecule has 2 N–H and O–H groups in total. The number of nitrogens with zero attached hydrogens (tertiary/aromatic N) is 1. The summed E-state index contributed by atoms with van der Waals surface area (Å²) in [7, 11) is 0. The van der Waals surface area contributed by atoms with E-state index in [2.05, 4.69) is 10.6 Å². The van der Waals surface area contributed by atoms with Gasteiger partial charge in [0.15, 0.2) is 0 Å². The van der Waals surface area contributed by atoms with Crippen molar-refractivity contribution in [3.8, 4) is 0 Å². The Morgan fingerprint density at radius 2 is 2.38 bits per heavy atom. The van der Waals surface area contributed by atoms with Gasteiger partial charge in [-0.1, -0.05) is 10.4 Å². The molecule has 47 valence electrons. The Morgan fingerprint density at radius 3 is 2.50 bits per heavy atom. The average Bonchev–Trinajstić information content (AvgIpc) is 1.67. The largest absolute Gasteiger partial charge is 0.451 e. The van der Waals surface area contributed by atoms with Crippen LogP contribution in [0.5, 0.6) is 0 Å². The number of carbonyl (C=O) groups is 1. The number of hydroxylamine groups is 1. The number of hydrogen-bond acceptors (Lipinski definition) is 3. The van der Waals surface area contributed by atoms with Crippen LogP contribution in [0.15, 0.2) is 0 Å². The molecule has 0 rings (SSSR count). The quantitative estimate of drug-likeness (QED) is 0.291. The number of nitrogens with two attached hydrogens (primary N) is 1. The van der Waals surface area contributed by atoms with Crippen molar-refractivity contribution >= 4 is 6.09 Å². The molecule has 1 radical (unpaired) electrons. The van der Waals surface area contributed by atoms with Crippen LogP contribution in [-0.2, 0) is 9.94 Å². The van der Waals surface area contributed by atoms with E-state index in [1.54, 1.807) is 6.92 Å². The number of hydrazine groups is 1. The Balaban J connectivity index is 3.33. The van der Waals surface area contributed by atoms with E-state index < -0.39 is 6.09 Å². The zero-order valence-electron chi connectivity index (χ0n) is 4.46. The molecular weight excluding hydrogens is 112 g/mol. The lowest BCUT2D eigenvalue weighted by molar-refractivity contribution is -0.134. The fourth-order valence-electron chi connectivity index (χ4n) is 0.187. The summed E-state index contributed by atoms with van der Waals surface area (Å²) in [6, 6.07) is 0. The first-order valence-electron chi connectivity index (χ1n) is 2.07. The van der Waals surface area contributed by atoms with Gasteiger partial charge in [-0.2, -0.15) is 0 Å². The molecule has 0 heterocycles. The molecule has 0 unspecified atom stereocenters. The molecule has 0 saturated carbocycles. The summed E-state index contributed by atoms with van der Waals surface area (Å²) < 4.78 is 4.15.